The average molecular weight is 375 g/mol. The molecule has 0 bridgehead atoms. The maximum absolute atomic E-state index is 5.84. The van der Waals surface area contributed by atoms with Gasteiger partial charge in [-0.25, -0.2) is 0 Å². The van der Waals surface area contributed by atoms with Crippen LogP contribution in [0.2, 0.25) is 0 Å². The molecule has 0 radical (unpaired) electrons. The molecule has 0 aliphatic rings. The number of hydrogen-bond acceptors (Lipinski definition) is 3. The number of anilines is 2. The third-order valence-electron chi connectivity index (χ3n) is 4.95. The molecule has 0 heterocycles. The number of unbranched alkanes of at least 4 members (excludes halogenated alkanes) is 4. The zero-order chi connectivity index (χ0) is 19.6. The van der Waals surface area contributed by atoms with E-state index in [9.17, 15) is 0 Å². The molecule has 3 nitrogen and oxygen atoms in total. The van der Waals surface area contributed by atoms with Gasteiger partial charge in [0.25, 0.3) is 0 Å². The van der Waals surface area contributed by atoms with Gasteiger partial charge >= 0.3 is 0 Å². The summed E-state index contributed by atoms with van der Waals surface area (Å²) in [5.41, 5.74) is 15.8. The molecule has 0 aromatic heterocycles. The second-order valence-electron chi connectivity index (χ2n) is 7.32. The highest BCUT2D eigenvalue weighted by Gasteiger charge is 1.99. The van der Waals surface area contributed by atoms with Crippen LogP contribution in [-0.2, 0) is 12.8 Å². The molecule has 0 fully saturated rings. The van der Waals surface area contributed by atoms with Gasteiger partial charge in [-0.05, 0) is 85.3 Å². The number of nitrogen functional groups attached to an aromatic ring is 2. The molecule has 146 valence electrons. The molecule has 0 spiro atoms. The van der Waals surface area contributed by atoms with Gasteiger partial charge in [0.1, 0.15) is 11.5 Å². The lowest BCUT2D eigenvalue weighted by Crippen LogP contribution is -1.90. The van der Waals surface area contributed by atoms with Gasteiger partial charge in [-0.2, -0.15) is 0 Å². The largest absolute Gasteiger partial charge is 0.457 e. The third kappa shape index (κ3) is 6.66. The fourth-order valence-electron chi connectivity index (χ4n) is 3.27. The van der Waals surface area contributed by atoms with Gasteiger partial charge in [-0.3, -0.25) is 0 Å². The van der Waals surface area contributed by atoms with E-state index in [0.717, 1.165) is 35.7 Å². The van der Waals surface area contributed by atoms with Crippen LogP contribution in [0.15, 0.2) is 72.8 Å². The lowest BCUT2D eigenvalue weighted by Gasteiger charge is -2.07. The van der Waals surface area contributed by atoms with Crippen LogP contribution in [0.3, 0.4) is 0 Å². The number of benzene rings is 3. The standard InChI is InChI=1S/C25H30N2O/c26-22-12-8-20(9-13-22)6-4-2-1-3-5-7-21-10-16-24(17-11-21)28-25-18-14-23(27)15-19-25/h8-19H,1-7,26-27H2. The van der Waals surface area contributed by atoms with Crippen LogP contribution in [0.1, 0.15) is 43.2 Å². The lowest BCUT2D eigenvalue weighted by atomic mass is 10.0. The van der Waals surface area contributed by atoms with Crippen LogP contribution >= 0.6 is 0 Å². The van der Waals surface area contributed by atoms with Crippen molar-refractivity contribution in [2.45, 2.75) is 44.9 Å². The van der Waals surface area contributed by atoms with E-state index >= 15 is 0 Å². The first-order chi connectivity index (χ1) is 13.7. The monoisotopic (exact) mass is 374 g/mol. The van der Waals surface area contributed by atoms with Crippen molar-refractivity contribution in [2.75, 3.05) is 11.5 Å². The second-order valence-corrected chi connectivity index (χ2v) is 7.32. The summed E-state index contributed by atoms with van der Waals surface area (Å²) < 4.78 is 5.84. The van der Waals surface area contributed by atoms with E-state index in [0.29, 0.717) is 0 Å². The molecule has 0 aliphatic heterocycles. The number of rotatable bonds is 10. The maximum Gasteiger partial charge on any atom is 0.127 e. The highest BCUT2D eigenvalue weighted by molar-refractivity contribution is 5.43. The van der Waals surface area contributed by atoms with E-state index in [2.05, 4.69) is 24.3 Å². The predicted octanol–water partition coefficient (Wildman–Crippen LogP) is 6.38. The van der Waals surface area contributed by atoms with E-state index in [4.69, 9.17) is 16.2 Å². The Morgan fingerprint density at radius 2 is 0.821 bits per heavy atom. The van der Waals surface area contributed by atoms with Gasteiger partial charge in [0.15, 0.2) is 0 Å². The number of hydrogen-bond donors (Lipinski definition) is 2. The Morgan fingerprint density at radius 1 is 0.464 bits per heavy atom. The number of aryl methyl sites for hydroxylation is 2. The summed E-state index contributed by atoms with van der Waals surface area (Å²) in [6.45, 7) is 0. The van der Waals surface area contributed by atoms with E-state index in [1.165, 1.54) is 43.2 Å². The van der Waals surface area contributed by atoms with Crippen molar-refractivity contribution in [2.24, 2.45) is 0 Å². The molecule has 3 rings (SSSR count). The number of ether oxygens (including phenoxy) is 1. The Hall–Kier alpha value is -2.94. The maximum atomic E-state index is 5.84. The van der Waals surface area contributed by atoms with Gasteiger partial charge < -0.3 is 16.2 Å². The summed E-state index contributed by atoms with van der Waals surface area (Å²) >= 11 is 0. The summed E-state index contributed by atoms with van der Waals surface area (Å²) in [4.78, 5) is 0. The highest BCUT2D eigenvalue weighted by atomic mass is 16.5. The van der Waals surface area contributed by atoms with E-state index < -0.39 is 0 Å². The minimum absolute atomic E-state index is 0.743. The summed E-state index contributed by atoms with van der Waals surface area (Å²) in [6.07, 6.45) is 8.63. The van der Waals surface area contributed by atoms with Crippen LogP contribution in [0.25, 0.3) is 0 Å². The van der Waals surface area contributed by atoms with Crippen LogP contribution in [0, 0.1) is 0 Å². The van der Waals surface area contributed by atoms with Gasteiger partial charge in [-0.15, -0.1) is 0 Å². The molecule has 0 saturated carbocycles. The Bertz CT molecular complexity index is 824. The predicted molar refractivity (Wildman–Crippen MR) is 119 cm³/mol. The fourth-order valence-corrected chi connectivity index (χ4v) is 3.27. The van der Waals surface area contributed by atoms with Gasteiger partial charge in [0, 0.05) is 11.4 Å². The first-order valence-corrected chi connectivity index (χ1v) is 10.2. The van der Waals surface area contributed by atoms with Gasteiger partial charge in [-0.1, -0.05) is 43.5 Å². The van der Waals surface area contributed by atoms with Crippen LogP contribution in [0.5, 0.6) is 11.5 Å². The normalized spacial score (nSPS) is 10.7. The molecule has 4 N–H and O–H groups in total. The third-order valence-corrected chi connectivity index (χ3v) is 4.95. The summed E-state index contributed by atoms with van der Waals surface area (Å²) in [7, 11) is 0. The van der Waals surface area contributed by atoms with Crippen molar-refractivity contribution in [3.8, 4) is 11.5 Å². The summed E-state index contributed by atoms with van der Waals surface area (Å²) in [5.74, 6) is 1.66. The highest BCUT2D eigenvalue weighted by Crippen LogP contribution is 2.23. The van der Waals surface area contributed by atoms with Crippen molar-refractivity contribution in [3.63, 3.8) is 0 Å². The summed E-state index contributed by atoms with van der Waals surface area (Å²) in [5, 5.41) is 0. The molecule has 0 aliphatic carbocycles. The lowest BCUT2D eigenvalue weighted by molar-refractivity contribution is 0.482. The van der Waals surface area contributed by atoms with E-state index in [-0.39, 0.29) is 0 Å². The quantitative estimate of drug-likeness (QED) is 0.320. The molecule has 3 aromatic carbocycles. The fraction of sp³-hybridized carbons (Fsp3) is 0.280. The van der Waals surface area contributed by atoms with E-state index in [1.807, 2.05) is 48.5 Å². The zero-order valence-corrected chi connectivity index (χ0v) is 16.4. The first-order valence-electron chi connectivity index (χ1n) is 10.2. The van der Waals surface area contributed by atoms with E-state index in [1.54, 1.807) is 0 Å². The molecule has 0 saturated heterocycles. The van der Waals surface area contributed by atoms with Crippen LogP contribution in [0.4, 0.5) is 11.4 Å². The Kier molecular flexibility index (Phi) is 7.36. The van der Waals surface area contributed by atoms with Crippen molar-refractivity contribution < 1.29 is 4.74 Å². The topological polar surface area (TPSA) is 61.3 Å². The van der Waals surface area contributed by atoms with Crippen molar-refractivity contribution in [1.82, 2.24) is 0 Å². The minimum Gasteiger partial charge on any atom is -0.457 e. The van der Waals surface area contributed by atoms with Crippen molar-refractivity contribution in [3.05, 3.63) is 83.9 Å². The first kappa shape index (κ1) is 19.8. The molecule has 28 heavy (non-hydrogen) atoms. The summed E-state index contributed by atoms with van der Waals surface area (Å²) in [6, 6.07) is 24.1. The SMILES string of the molecule is Nc1ccc(CCCCCCCc2ccc(Oc3ccc(N)cc3)cc2)cc1. The molecule has 0 amide bonds. The van der Waals surface area contributed by atoms with Crippen LogP contribution < -0.4 is 16.2 Å². The van der Waals surface area contributed by atoms with Crippen LogP contribution in [-0.4, -0.2) is 0 Å². The van der Waals surface area contributed by atoms with Gasteiger partial charge in [0.2, 0.25) is 0 Å². The molecule has 3 heteroatoms. The van der Waals surface area contributed by atoms with Crippen molar-refractivity contribution >= 4 is 11.4 Å². The molecule has 3 aromatic rings. The molecule has 0 unspecified atom stereocenters. The molecular weight excluding hydrogens is 344 g/mol. The minimum atomic E-state index is 0.743. The average Bonchev–Trinajstić information content (AvgIpc) is 2.71. The number of nitrogens with two attached hydrogens (primary N) is 2. The van der Waals surface area contributed by atoms with Gasteiger partial charge in [0.05, 0.1) is 0 Å². The molecule has 0 atom stereocenters. The smallest absolute Gasteiger partial charge is 0.127 e. The zero-order valence-electron chi connectivity index (χ0n) is 16.4. The Labute approximate surface area is 168 Å². The molecular formula is C25H30N2O. The van der Waals surface area contributed by atoms with Crippen molar-refractivity contribution in [1.29, 1.82) is 0 Å². The second kappa shape index (κ2) is 10.4. The Morgan fingerprint density at radius 3 is 1.32 bits per heavy atom. The Balaban J connectivity index is 1.29.